The van der Waals surface area contributed by atoms with Crippen molar-refractivity contribution in [2.45, 2.75) is 79.1 Å². The number of hydrogen-bond donors (Lipinski definition) is 0. The molecule has 0 spiro atoms. The SMILES string of the molecule is CC[C@@]1(C)CC[C@@H]2C(=CCC3[C@](C)(C(=O)OC)CCC[C@@]32C)C1. The molecule has 130 valence electrons. The Labute approximate surface area is 142 Å². The van der Waals surface area contributed by atoms with E-state index in [1.807, 2.05) is 0 Å². The van der Waals surface area contributed by atoms with Crippen LogP contribution in [0.15, 0.2) is 11.6 Å². The summed E-state index contributed by atoms with van der Waals surface area (Å²) >= 11 is 0. The summed E-state index contributed by atoms with van der Waals surface area (Å²) in [4.78, 5) is 12.6. The Bertz CT molecular complexity index is 522. The summed E-state index contributed by atoms with van der Waals surface area (Å²) in [5.41, 5.74) is 2.18. The minimum atomic E-state index is -0.296. The quantitative estimate of drug-likeness (QED) is 0.495. The molecular formula is C21H34O2. The average Bonchev–Trinajstić information content (AvgIpc) is 2.53. The molecule has 2 heteroatoms. The van der Waals surface area contributed by atoms with Crippen LogP contribution in [0.5, 0.6) is 0 Å². The molecule has 0 bridgehead atoms. The number of carbonyl (C=O) groups excluding carboxylic acids is 1. The first-order valence-electron chi connectivity index (χ1n) is 9.56. The summed E-state index contributed by atoms with van der Waals surface area (Å²) in [5, 5.41) is 0. The van der Waals surface area contributed by atoms with Crippen LogP contribution in [0.4, 0.5) is 0 Å². The lowest BCUT2D eigenvalue weighted by atomic mass is 9.45. The molecule has 0 radical (unpaired) electrons. The van der Waals surface area contributed by atoms with Crippen molar-refractivity contribution in [1.82, 2.24) is 0 Å². The third-order valence-corrected chi connectivity index (χ3v) is 8.01. The summed E-state index contributed by atoms with van der Waals surface area (Å²) in [5.74, 6) is 1.14. The van der Waals surface area contributed by atoms with E-state index in [1.54, 1.807) is 12.7 Å². The van der Waals surface area contributed by atoms with E-state index in [-0.39, 0.29) is 16.8 Å². The normalized spacial score (nSPS) is 46.4. The molecule has 3 rings (SSSR count). The van der Waals surface area contributed by atoms with Crippen molar-refractivity contribution in [3.8, 4) is 0 Å². The monoisotopic (exact) mass is 318 g/mol. The summed E-state index contributed by atoms with van der Waals surface area (Å²) in [7, 11) is 1.55. The Morgan fingerprint density at radius 3 is 2.65 bits per heavy atom. The van der Waals surface area contributed by atoms with Gasteiger partial charge in [-0.25, -0.2) is 0 Å². The Morgan fingerprint density at radius 2 is 2.00 bits per heavy atom. The third kappa shape index (κ3) is 2.48. The highest BCUT2D eigenvalue weighted by Crippen LogP contribution is 2.64. The van der Waals surface area contributed by atoms with Gasteiger partial charge in [0.2, 0.25) is 0 Å². The minimum absolute atomic E-state index is 0.0134. The number of methoxy groups -OCH3 is 1. The maximum Gasteiger partial charge on any atom is 0.311 e. The van der Waals surface area contributed by atoms with Gasteiger partial charge in [0.05, 0.1) is 12.5 Å². The maximum atomic E-state index is 12.6. The van der Waals surface area contributed by atoms with Gasteiger partial charge in [-0.2, -0.15) is 0 Å². The van der Waals surface area contributed by atoms with E-state index in [0.29, 0.717) is 17.3 Å². The molecule has 2 nitrogen and oxygen atoms in total. The van der Waals surface area contributed by atoms with Crippen LogP contribution < -0.4 is 0 Å². The zero-order chi connectivity index (χ0) is 16.9. The van der Waals surface area contributed by atoms with Crippen LogP contribution in [-0.4, -0.2) is 13.1 Å². The Morgan fingerprint density at radius 1 is 1.26 bits per heavy atom. The lowest BCUT2D eigenvalue weighted by molar-refractivity contribution is -0.167. The number of allylic oxidation sites excluding steroid dienone is 2. The number of hydrogen-bond acceptors (Lipinski definition) is 2. The van der Waals surface area contributed by atoms with E-state index in [2.05, 4.69) is 33.8 Å². The van der Waals surface area contributed by atoms with E-state index >= 15 is 0 Å². The lowest BCUT2D eigenvalue weighted by Gasteiger charge is -2.59. The highest BCUT2D eigenvalue weighted by atomic mass is 16.5. The second-order valence-electron chi connectivity index (χ2n) is 9.27. The Kier molecular flexibility index (Phi) is 4.18. The van der Waals surface area contributed by atoms with Crippen LogP contribution in [0.3, 0.4) is 0 Å². The van der Waals surface area contributed by atoms with Crippen LogP contribution in [0, 0.1) is 28.1 Å². The van der Waals surface area contributed by atoms with Crippen LogP contribution in [0.1, 0.15) is 79.1 Å². The maximum absolute atomic E-state index is 12.6. The number of fused-ring (bicyclic) bond motifs is 3. The molecule has 3 aliphatic carbocycles. The molecule has 0 heterocycles. The molecule has 0 aliphatic heterocycles. The van der Waals surface area contributed by atoms with Crippen molar-refractivity contribution >= 4 is 5.97 Å². The van der Waals surface area contributed by atoms with E-state index in [1.165, 1.54) is 32.1 Å². The standard InChI is InChI=1S/C21H34O2/c1-6-19(2)13-10-16-15(14-19)8-9-17-20(16,3)11-7-12-21(17,4)18(22)23-5/h8,16-17H,6-7,9-14H2,1-5H3/t16-,17?,19+,20-,21-/m1/s1. The first kappa shape index (κ1) is 17.0. The molecule has 1 unspecified atom stereocenters. The molecule has 0 aromatic carbocycles. The zero-order valence-electron chi connectivity index (χ0n) is 15.7. The summed E-state index contributed by atoms with van der Waals surface area (Å²) in [6.45, 7) is 9.43. The summed E-state index contributed by atoms with van der Waals surface area (Å²) in [6.07, 6.45) is 12.2. The van der Waals surface area contributed by atoms with Crippen molar-refractivity contribution in [3.63, 3.8) is 0 Å². The van der Waals surface area contributed by atoms with E-state index in [9.17, 15) is 4.79 Å². The van der Waals surface area contributed by atoms with Gasteiger partial charge in [-0.3, -0.25) is 4.79 Å². The molecule has 0 saturated heterocycles. The van der Waals surface area contributed by atoms with Gasteiger partial charge in [0, 0.05) is 0 Å². The third-order valence-electron chi connectivity index (χ3n) is 8.01. The molecular weight excluding hydrogens is 284 g/mol. The van der Waals surface area contributed by atoms with Gasteiger partial charge < -0.3 is 4.74 Å². The van der Waals surface area contributed by atoms with Gasteiger partial charge in [0.25, 0.3) is 0 Å². The van der Waals surface area contributed by atoms with Gasteiger partial charge >= 0.3 is 5.97 Å². The predicted octanol–water partition coefficient (Wildman–Crippen LogP) is 5.52. The molecule has 0 N–H and O–H groups in total. The first-order valence-corrected chi connectivity index (χ1v) is 9.56. The summed E-state index contributed by atoms with van der Waals surface area (Å²) in [6, 6.07) is 0. The van der Waals surface area contributed by atoms with Gasteiger partial charge in [-0.1, -0.05) is 45.3 Å². The van der Waals surface area contributed by atoms with Crippen LogP contribution in [0.2, 0.25) is 0 Å². The number of carbonyl (C=O) groups is 1. The number of ether oxygens (including phenoxy) is 1. The van der Waals surface area contributed by atoms with Crippen molar-refractivity contribution in [2.24, 2.45) is 28.1 Å². The van der Waals surface area contributed by atoms with Crippen molar-refractivity contribution < 1.29 is 9.53 Å². The van der Waals surface area contributed by atoms with Gasteiger partial charge in [0.1, 0.15) is 0 Å². The lowest BCUT2D eigenvalue weighted by Crippen LogP contribution is -2.54. The van der Waals surface area contributed by atoms with Crippen molar-refractivity contribution in [1.29, 1.82) is 0 Å². The molecule has 2 saturated carbocycles. The topological polar surface area (TPSA) is 26.3 Å². The van der Waals surface area contributed by atoms with Gasteiger partial charge in [-0.15, -0.1) is 0 Å². The molecule has 23 heavy (non-hydrogen) atoms. The predicted molar refractivity (Wildman–Crippen MR) is 94.0 cm³/mol. The van der Waals surface area contributed by atoms with Crippen LogP contribution in [-0.2, 0) is 9.53 Å². The zero-order valence-corrected chi connectivity index (χ0v) is 15.7. The largest absolute Gasteiger partial charge is 0.469 e. The molecule has 5 atom stereocenters. The second-order valence-corrected chi connectivity index (χ2v) is 9.27. The van der Waals surface area contributed by atoms with Crippen LogP contribution >= 0.6 is 0 Å². The van der Waals surface area contributed by atoms with Gasteiger partial charge in [-0.05, 0) is 68.1 Å². The molecule has 0 amide bonds. The molecule has 3 aliphatic rings. The van der Waals surface area contributed by atoms with E-state index < -0.39 is 0 Å². The Hall–Kier alpha value is -0.790. The summed E-state index contributed by atoms with van der Waals surface area (Å²) < 4.78 is 5.21. The molecule has 0 aromatic rings. The number of esters is 1. The van der Waals surface area contributed by atoms with Crippen LogP contribution in [0.25, 0.3) is 0 Å². The smallest absolute Gasteiger partial charge is 0.311 e. The molecule has 2 fully saturated rings. The van der Waals surface area contributed by atoms with Crippen molar-refractivity contribution in [2.75, 3.05) is 7.11 Å². The average molecular weight is 319 g/mol. The van der Waals surface area contributed by atoms with E-state index in [4.69, 9.17) is 4.74 Å². The Balaban J connectivity index is 1.95. The fraction of sp³-hybridized carbons (Fsp3) is 0.857. The van der Waals surface area contributed by atoms with E-state index in [0.717, 1.165) is 19.3 Å². The first-order chi connectivity index (χ1) is 10.8. The fourth-order valence-corrected chi connectivity index (χ4v) is 6.26. The van der Waals surface area contributed by atoms with Gasteiger partial charge in [0.15, 0.2) is 0 Å². The highest BCUT2D eigenvalue weighted by molar-refractivity contribution is 5.77. The highest BCUT2D eigenvalue weighted by Gasteiger charge is 2.58. The second kappa shape index (κ2) is 5.63. The molecule has 0 aromatic heterocycles. The fourth-order valence-electron chi connectivity index (χ4n) is 6.26. The number of rotatable bonds is 2. The van der Waals surface area contributed by atoms with Crippen molar-refractivity contribution in [3.05, 3.63) is 11.6 Å². The minimum Gasteiger partial charge on any atom is -0.469 e.